The summed E-state index contributed by atoms with van der Waals surface area (Å²) in [6, 6.07) is 5.83. The lowest BCUT2D eigenvalue weighted by molar-refractivity contribution is -0.143. The second-order valence-electron chi connectivity index (χ2n) is 7.80. The van der Waals surface area contributed by atoms with Gasteiger partial charge in [-0.1, -0.05) is 17.7 Å². The van der Waals surface area contributed by atoms with Crippen molar-refractivity contribution in [1.82, 2.24) is 19.6 Å². The smallest absolute Gasteiger partial charge is 0.378 e. The highest BCUT2D eigenvalue weighted by Gasteiger charge is 2.42. The fourth-order valence-corrected chi connectivity index (χ4v) is 4.31. The topological polar surface area (TPSA) is 67.7 Å². The molecular weight excluding hydrogens is 449 g/mol. The van der Waals surface area contributed by atoms with E-state index in [9.17, 15) is 22.8 Å². The van der Waals surface area contributed by atoms with Crippen molar-refractivity contribution in [3.63, 3.8) is 0 Å². The van der Waals surface area contributed by atoms with Crippen molar-refractivity contribution in [3.05, 3.63) is 46.7 Å². The van der Waals surface area contributed by atoms with E-state index in [4.69, 9.17) is 16.3 Å². The van der Waals surface area contributed by atoms with Gasteiger partial charge < -0.3 is 14.5 Å². The Bertz CT molecular complexity index is 996. The van der Waals surface area contributed by atoms with Crippen LogP contribution in [0.4, 0.5) is 13.2 Å². The molecule has 2 fully saturated rings. The third kappa shape index (κ3) is 4.61. The Labute approximate surface area is 187 Å². The lowest BCUT2D eigenvalue weighted by atomic mass is 9.94. The first kappa shape index (κ1) is 22.6. The molecule has 2 aliphatic rings. The number of morpholine rings is 1. The Morgan fingerprint density at radius 1 is 1.06 bits per heavy atom. The third-order valence-electron chi connectivity index (χ3n) is 5.78. The molecule has 172 valence electrons. The minimum absolute atomic E-state index is 0.0187. The van der Waals surface area contributed by atoms with Gasteiger partial charge in [0.1, 0.15) is 0 Å². The van der Waals surface area contributed by atoms with Crippen LogP contribution in [-0.4, -0.2) is 70.8 Å². The van der Waals surface area contributed by atoms with Gasteiger partial charge in [-0.2, -0.15) is 18.3 Å². The number of aromatic nitrogens is 2. The third-order valence-corrected chi connectivity index (χ3v) is 6.01. The van der Waals surface area contributed by atoms with Crippen LogP contribution in [-0.2, 0) is 15.7 Å². The summed E-state index contributed by atoms with van der Waals surface area (Å²) in [6.45, 7) is 2.49. The molecule has 0 unspecified atom stereocenters. The van der Waals surface area contributed by atoms with Crippen LogP contribution in [0.2, 0.25) is 5.02 Å². The lowest BCUT2D eigenvalue weighted by Gasteiger charge is -2.35. The van der Waals surface area contributed by atoms with Crippen LogP contribution >= 0.6 is 11.6 Å². The quantitative estimate of drug-likeness (QED) is 0.690. The summed E-state index contributed by atoms with van der Waals surface area (Å²) in [5.41, 5.74) is -1.55. The number of piperidine rings is 1. The molecule has 3 heterocycles. The molecule has 7 nitrogen and oxygen atoms in total. The largest absolute Gasteiger partial charge is 0.434 e. The SMILES string of the molecule is O=C(c1cnn(-c2cccc(Cl)c2)c1C(F)(F)F)N1CCC(C(=O)N2CCOCC2)CC1. The summed E-state index contributed by atoms with van der Waals surface area (Å²) in [6.07, 6.45) is -3.04. The van der Waals surface area contributed by atoms with Gasteiger partial charge in [0, 0.05) is 37.1 Å². The minimum atomic E-state index is -4.80. The highest BCUT2D eigenvalue weighted by atomic mass is 35.5. The molecule has 4 rings (SSSR count). The van der Waals surface area contributed by atoms with Gasteiger partial charge in [0.15, 0.2) is 5.69 Å². The first-order valence-electron chi connectivity index (χ1n) is 10.3. The summed E-state index contributed by atoms with van der Waals surface area (Å²) in [5, 5.41) is 4.09. The number of ether oxygens (including phenoxy) is 1. The van der Waals surface area contributed by atoms with Crippen LogP contribution in [0.15, 0.2) is 30.5 Å². The van der Waals surface area contributed by atoms with Gasteiger partial charge in [-0.3, -0.25) is 9.59 Å². The number of hydrogen-bond acceptors (Lipinski definition) is 4. The fraction of sp³-hybridized carbons (Fsp3) is 0.476. The number of rotatable bonds is 3. The van der Waals surface area contributed by atoms with Crippen molar-refractivity contribution in [3.8, 4) is 5.69 Å². The Balaban J connectivity index is 1.51. The summed E-state index contributed by atoms with van der Waals surface area (Å²) < 4.78 is 47.7. The van der Waals surface area contributed by atoms with E-state index in [1.807, 2.05) is 0 Å². The normalized spacial score (nSPS) is 18.1. The first-order valence-corrected chi connectivity index (χ1v) is 10.7. The maximum absolute atomic E-state index is 13.9. The summed E-state index contributed by atoms with van der Waals surface area (Å²) in [5.74, 6) is -0.971. The fourth-order valence-electron chi connectivity index (χ4n) is 4.12. The predicted octanol–water partition coefficient (Wildman–Crippen LogP) is 3.26. The molecule has 11 heteroatoms. The zero-order valence-corrected chi connectivity index (χ0v) is 17.9. The van der Waals surface area contributed by atoms with Gasteiger partial charge in [-0.05, 0) is 31.0 Å². The second-order valence-corrected chi connectivity index (χ2v) is 8.24. The first-order chi connectivity index (χ1) is 15.3. The second kappa shape index (κ2) is 9.11. The van der Waals surface area contributed by atoms with Crippen molar-refractivity contribution in [2.75, 3.05) is 39.4 Å². The van der Waals surface area contributed by atoms with E-state index in [0.717, 1.165) is 6.20 Å². The molecule has 2 aromatic rings. The number of benzene rings is 1. The summed E-state index contributed by atoms with van der Waals surface area (Å²) in [4.78, 5) is 28.8. The Morgan fingerprint density at radius 3 is 2.38 bits per heavy atom. The number of carbonyl (C=O) groups is 2. The van der Waals surface area contributed by atoms with E-state index in [1.165, 1.54) is 29.2 Å². The molecule has 0 bridgehead atoms. The molecule has 0 radical (unpaired) electrons. The van der Waals surface area contributed by atoms with Gasteiger partial charge in [0.25, 0.3) is 5.91 Å². The van der Waals surface area contributed by atoms with Crippen molar-refractivity contribution in [2.24, 2.45) is 5.92 Å². The van der Waals surface area contributed by atoms with Gasteiger partial charge in [-0.15, -0.1) is 0 Å². The molecule has 1 aromatic heterocycles. The predicted molar refractivity (Wildman–Crippen MR) is 110 cm³/mol. The zero-order valence-electron chi connectivity index (χ0n) is 17.1. The molecule has 0 aliphatic carbocycles. The average molecular weight is 471 g/mol. The van der Waals surface area contributed by atoms with E-state index in [1.54, 1.807) is 4.90 Å². The lowest BCUT2D eigenvalue weighted by Crippen LogP contribution is -2.47. The molecule has 0 N–H and O–H groups in total. The number of nitrogens with zero attached hydrogens (tertiary/aromatic N) is 4. The number of halogens is 4. The Hall–Kier alpha value is -2.59. The van der Waals surface area contributed by atoms with E-state index >= 15 is 0 Å². The molecule has 0 saturated carbocycles. The monoisotopic (exact) mass is 470 g/mol. The number of hydrogen-bond donors (Lipinski definition) is 0. The standard InChI is InChI=1S/C21H22ClF3N4O3/c22-15-2-1-3-16(12-15)29-18(21(23,24)25)17(13-26-29)20(31)27-6-4-14(5-7-27)19(30)28-8-10-32-11-9-28/h1-3,12-14H,4-11H2. The van der Waals surface area contributed by atoms with Gasteiger partial charge in [-0.25, -0.2) is 4.68 Å². The minimum Gasteiger partial charge on any atom is -0.378 e. The number of alkyl halides is 3. The van der Waals surface area contributed by atoms with Crippen molar-refractivity contribution in [1.29, 1.82) is 0 Å². The van der Waals surface area contributed by atoms with Crippen molar-refractivity contribution in [2.45, 2.75) is 19.0 Å². The molecule has 32 heavy (non-hydrogen) atoms. The van der Waals surface area contributed by atoms with Crippen LogP contribution < -0.4 is 0 Å². The molecule has 2 amide bonds. The molecular formula is C21H22ClF3N4O3. The maximum Gasteiger partial charge on any atom is 0.434 e. The van der Waals surface area contributed by atoms with Gasteiger partial charge in [0.2, 0.25) is 5.91 Å². The highest BCUT2D eigenvalue weighted by molar-refractivity contribution is 6.30. The number of carbonyl (C=O) groups excluding carboxylic acids is 2. The van der Waals surface area contributed by atoms with Crippen LogP contribution in [0.3, 0.4) is 0 Å². The van der Waals surface area contributed by atoms with Crippen LogP contribution in [0, 0.1) is 5.92 Å². The van der Waals surface area contributed by atoms with Crippen LogP contribution in [0.1, 0.15) is 28.9 Å². The summed E-state index contributed by atoms with van der Waals surface area (Å²) in [7, 11) is 0. The number of amides is 2. The molecule has 2 aliphatic heterocycles. The van der Waals surface area contributed by atoms with E-state index < -0.39 is 23.3 Å². The summed E-state index contributed by atoms with van der Waals surface area (Å²) >= 11 is 5.91. The van der Waals surface area contributed by atoms with E-state index in [2.05, 4.69) is 5.10 Å². The molecule has 1 aromatic carbocycles. The van der Waals surface area contributed by atoms with E-state index in [0.29, 0.717) is 43.8 Å². The molecule has 0 atom stereocenters. The van der Waals surface area contributed by atoms with E-state index in [-0.39, 0.29) is 35.6 Å². The van der Waals surface area contributed by atoms with Gasteiger partial charge >= 0.3 is 6.18 Å². The van der Waals surface area contributed by atoms with Gasteiger partial charge in [0.05, 0.1) is 30.7 Å². The Kier molecular flexibility index (Phi) is 6.43. The van der Waals surface area contributed by atoms with Crippen molar-refractivity contribution >= 4 is 23.4 Å². The van der Waals surface area contributed by atoms with Crippen LogP contribution in [0.25, 0.3) is 5.69 Å². The average Bonchev–Trinajstić information content (AvgIpc) is 3.25. The molecule has 0 spiro atoms. The van der Waals surface area contributed by atoms with Crippen LogP contribution in [0.5, 0.6) is 0 Å². The van der Waals surface area contributed by atoms with Crippen molar-refractivity contribution < 1.29 is 27.5 Å². The maximum atomic E-state index is 13.9. The molecule has 2 saturated heterocycles. The number of likely N-dealkylation sites (tertiary alicyclic amines) is 1. The zero-order chi connectivity index (χ0) is 22.9. The highest BCUT2D eigenvalue weighted by Crippen LogP contribution is 2.35. The Morgan fingerprint density at radius 2 is 1.75 bits per heavy atom.